The zero-order valence-corrected chi connectivity index (χ0v) is 11.4. The molecule has 1 heterocycles. The Kier molecular flexibility index (Phi) is 4.73. The Morgan fingerprint density at radius 3 is 2.63 bits per heavy atom. The Morgan fingerprint density at radius 2 is 1.95 bits per heavy atom. The standard InChI is InChI=1S/C12H21N5O2/c1-3-18-11-14-10(17-13)15-12(16-11)19-9-7-5-4-6-8(9)2/h8-9H,3-7,13H2,1-2H3,(H,14,15,16,17). The average Bonchev–Trinajstić information content (AvgIpc) is 2.41. The summed E-state index contributed by atoms with van der Waals surface area (Å²) in [5.41, 5.74) is 2.39. The molecule has 2 atom stereocenters. The molecule has 106 valence electrons. The number of hydrogen-bond acceptors (Lipinski definition) is 7. The monoisotopic (exact) mass is 267 g/mol. The maximum absolute atomic E-state index is 5.86. The van der Waals surface area contributed by atoms with Crippen molar-refractivity contribution in [3.05, 3.63) is 0 Å². The third-order valence-electron chi connectivity index (χ3n) is 3.29. The number of nitrogens with zero attached hydrogens (tertiary/aromatic N) is 3. The summed E-state index contributed by atoms with van der Waals surface area (Å²) in [4.78, 5) is 12.2. The Balaban J connectivity index is 2.11. The van der Waals surface area contributed by atoms with E-state index in [2.05, 4.69) is 27.3 Å². The Bertz CT molecular complexity index is 415. The number of rotatable bonds is 5. The molecule has 0 amide bonds. The average molecular weight is 267 g/mol. The van der Waals surface area contributed by atoms with Crippen LogP contribution in [0.2, 0.25) is 0 Å². The molecule has 2 unspecified atom stereocenters. The third kappa shape index (κ3) is 3.66. The molecule has 0 bridgehead atoms. The number of nitrogen functional groups attached to an aromatic ring is 1. The van der Waals surface area contributed by atoms with Gasteiger partial charge in [0.2, 0.25) is 5.95 Å². The lowest BCUT2D eigenvalue weighted by Gasteiger charge is -2.28. The first-order valence-electron chi connectivity index (χ1n) is 6.75. The lowest BCUT2D eigenvalue weighted by atomic mass is 9.88. The van der Waals surface area contributed by atoms with Gasteiger partial charge in [-0.2, -0.15) is 9.97 Å². The van der Waals surface area contributed by atoms with E-state index in [0.717, 1.165) is 6.42 Å². The van der Waals surface area contributed by atoms with Gasteiger partial charge in [0, 0.05) is 0 Å². The molecule has 19 heavy (non-hydrogen) atoms. The van der Waals surface area contributed by atoms with Crippen LogP contribution in [-0.2, 0) is 0 Å². The first-order valence-corrected chi connectivity index (χ1v) is 6.75. The van der Waals surface area contributed by atoms with Crippen LogP contribution in [0, 0.1) is 5.92 Å². The molecule has 0 radical (unpaired) electrons. The van der Waals surface area contributed by atoms with Gasteiger partial charge in [0.15, 0.2) is 0 Å². The van der Waals surface area contributed by atoms with Crippen LogP contribution >= 0.6 is 0 Å². The molecule has 7 heteroatoms. The number of nitrogens with two attached hydrogens (primary N) is 1. The van der Waals surface area contributed by atoms with Crippen LogP contribution in [0.15, 0.2) is 0 Å². The Labute approximate surface area is 112 Å². The molecule has 0 saturated heterocycles. The van der Waals surface area contributed by atoms with E-state index in [1.165, 1.54) is 19.3 Å². The predicted octanol–water partition coefficient (Wildman–Crippen LogP) is 1.51. The minimum absolute atomic E-state index is 0.149. The smallest absolute Gasteiger partial charge is 0.324 e. The highest BCUT2D eigenvalue weighted by molar-refractivity contribution is 5.25. The fourth-order valence-electron chi connectivity index (χ4n) is 2.24. The summed E-state index contributed by atoms with van der Waals surface area (Å²) in [6.45, 7) is 4.53. The van der Waals surface area contributed by atoms with Crippen LogP contribution in [0.5, 0.6) is 12.0 Å². The summed E-state index contributed by atoms with van der Waals surface area (Å²) in [7, 11) is 0. The highest BCUT2D eigenvalue weighted by Crippen LogP contribution is 2.27. The van der Waals surface area contributed by atoms with Crippen LogP contribution < -0.4 is 20.7 Å². The van der Waals surface area contributed by atoms with Crippen molar-refractivity contribution in [1.29, 1.82) is 0 Å². The number of hydrogen-bond donors (Lipinski definition) is 2. The minimum atomic E-state index is 0.149. The molecule has 0 spiro atoms. The van der Waals surface area contributed by atoms with Crippen LogP contribution in [0.4, 0.5) is 5.95 Å². The second kappa shape index (κ2) is 6.51. The molecular formula is C12H21N5O2. The molecule has 1 aliphatic rings. The van der Waals surface area contributed by atoms with Gasteiger partial charge < -0.3 is 9.47 Å². The van der Waals surface area contributed by atoms with Crippen molar-refractivity contribution in [3.8, 4) is 12.0 Å². The van der Waals surface area contributed by atoms with Crippen molar-refractivity contribution in [2.24, 2.45) is 11.8 Å². The summed E-state index contributed by atoms with van der Waals surface area (Å²) >= 11 is 0. The molecule has 0 aromatic carbocycles. The van der Waals surface area contributed by atoms with Gasteiger partial charge in [-0.25, -0.2) is 5.84 Å². The predicted molar refractivity (Wildman–Crippen MR) is 70.9 cm³/mol. The van der Waals surface area contributed by atoms with Gasteiger partial charge in [0.1, 0.15) is 6.10 Å². The van der Waals surface area contributed by atoms with Crippen LogP contribution in [0.3, 0.4) is 0 Å². The van der Waals surface area contributed by atoms with E-state index in [1.54, 1.807) is 0 Å². The van der Waals surface area contributed by atoms with E-state index in [0.29, 0.717) is 12.5 Å². The quantitative estimate of drug-likeness (QED) is 0.616. The second-order valence-electron chi connectivity index (χ2n) is 4.72. The molecule has 3 N–H and O–H groups in total. The summed E-state index contributed by atoms with van der Waals surface area (Å²) < 4.78 is 11.1. The molecule has 7 nitrogen and oxygen atoms in total. The zero-order chi connectivity index (χ0) is 13.7. The summed E-state index contributed by atoms with van der Waals surface area (Å²) in [6.07, 6.45) is 4.80. The molecular weight excluding hydrogens is 246 g/mol. The maximum atomic E-state index is 5.86. The second-order valence-corrected chi connectivity index (χ2v) is 4.72. The normalized spacial score (nSPS) is 22.9. The van der Waals surface area contributed by atoms with Gasteiger partial charge >= 0.3 is 12.0 Å². The van der Waals surface area contributed by atoms with Gasteiger partial charge in [-0.1, -0.05) is 13.3 Å². The lowest BCUT2D eigenvalue weighted by Crippen LogP contribution is -2.29. The first-order chi connectivity index (χ1) is 9.22. The molecule has 0 aliphatic heterocycles. The van der Waals surface area contributed by atoms with Crippen molar-refractivity contribution in [1.82, 2.24) is 15.0 Å². The number of hydrazine groups is 1. The van der Waals surface area contributed by atoms with Crippen molar-refractivity contribution >= 4 is 5.95 Å². The topological polar surface area (TPSA) is 95.2 Å². The largest absolute Gasteiger partial charge is 0.464 e. The number of anilines is 1. The van der Waals surface area contributed by atoms with Gasteiger partial charge in [-0.15, -0.1) is 4.98 Å². The lowest BCUT2D eigenvalue weighted by molar-refractivity contribution is 0.0909. The van der Waals surface area contributed by atoms with Crippen LogP contribution in [0.25, 0.3) is 0 Å². The fourth-order valence-corrected chi connectivity index (χ4v) is 2.24. The summed E-state index contributed by atoms with van der Waals surface area (Å²) in [5, 5.41) is 0. The number of nitrogens with one attached hydrogen (secondary N) is 1. The molecule has 1 fully saturated rings. The van der Waals surface area contributed by atoms with E-state index in [4.69, 9.17) is 15.3 Å². The van der Waals surface area contributed by atoms with Gasteiger partial charge in [0.25, 0.3) is 0 Å². The summed E-state index contributed by atoms with van der Waals surface area (Å²) in [6, 6.07) is 0.495. The van der Waals surface area contributed by atoms with Crippen LogP contribution in [-0.4, -0.2) is 27.7 Å². The van der Waals surface area contributed by atoms with E-state index in [1.807, 2.05) is 6.92 Å². The number of aromatic nitrogens is 3. The third-order valence-corrected chi connectivity index (χ3v) is 3.29. The van der Waals surface area contributed by atoms with E-state index >= 15 is 0 Å². The Morgan fingerprint density at radius 1 is 1.21 bits per heavy atom. The first kappa shape index (κ1) is 13.8. The number of ether oxygens (including phenoxy) is 2. The maximum Gasteiger partial charge on any atom is 0.324 e. The molecule has 1 saturated carbocycles. The zero-order valence-electron chi connectivity index (χ0n) is 11.4. The highest BCUT2D eigenvalue weighted by Gasteiger charge is 2.24. The van der Waals surface area contributed by atoms with E-state index in [9.17, 15) is 0 Å². The molecule has 2 rings (SSSR count). The SMILES string of the molecule is CCOc1nc(NN)nc(OC2CCCCC2C)n1. The van der Waals surface area contributed by atoms with Gasteiger partial charge in [-0.05, 0) is 32.1 Å². The Hall–Kier alpha value is -1.63. The minimum Gasteiger partial charge on any atom is -0.464 e. The van der Waals surface area contributed by atoms with Gasteiger partial charge in [0.05, 0.1) is 6.61 Å². The highest BCUT2D eigenvalue weighted by atomic mass is 16.5. The van der Waals surface area contributed by atoms with Crippen LogP contribution in [0.1, 0.15) is 39.5 Å². The van der Waals surface area contributed by atoms with Crippen molar-refractivity contribution in [3.63, 3.8) is 0 Å². The van der Waals surface area contributed by atoms with E-state index in [-0.39, 0.29) is 24.1 Å². The fraction of sp³-hybridized carbons (Fsp3) is 0.750. The summed E-state index contributed by atoms with van der Waals surface area (Å²) in [5.74, 6) is 6.09. The molecule has 1 aliphatic carbocycles. The van der Waals surface area contributed by atoms with Gasteiger partial charge in [-0.3, -0.25) is 5.43 Å². The van der Waals surface area contributed by atoms with Crippen molar-refractivity contribution in [2.75, 3.05) is 12.0 Å². The van der Waals surface area contributed by atoms with E-state index < -0.39 is 0 Å². The molecule has 1 aromatic heterocycles. The van der Waals surface area contributed by atoms with Crippen molar-refractivity contribution < 1.29 is 9.47 Å². The van der Waals surface area contributed by atoms with Crippen molar-refractivity contribution in [2.45, 2.75) is 45.6 Å². The molecule has 1 aromatic rings.